The average Bonchev–Trinajstić information content (AvgIpc) is 3.82. The predicted octanol–water partition coefficient (Wildman–Crippen LogP) is 16.5. The first-order valence-corrected chi connectivity index (χ1v) is 24.1. The van der Waals surface area contributed by atoms with Crippen molar-refractivity contribution in [3.8, 4) is 39.8 Å². The molecule has 9 aromatic rings. The highest BCUT2D eigenvalue weighted by atomic mass is 16.5. The van der Waals surface area contributed by atoms with Gasteiger partial charge in [-0.1, -0.05) is 176 Å². The maximum atomic E-state index is 8.55. The number of para-hydroxylation sites is 1. The first kappa shape index (κ1) is 42.9. The van der Waals surface area contributed by atoms with Crippen molar-refractivity contribution in [3.63, 3.8) is 0 Å². The fourth-order valence-corrected chi connectivity index (χ4v) is 9.42. The Morgan fingerprint density at radius 1 is 0.515 bits per heavy atom. The number of hydrogen-bond acceptors (Lipinski definition) is 2. The van der Waals surface area contributed by atoms with E-state index in [1.807, 2.05) is 36.5 Å². The molecule has 0 aliphatic carbocycles. The highest BCUT2D eigenvalue weighted by molar-refractivity contribution is 6.09. The largest absolute Gasteiger partial charge is 0.458 e. The zero-order chi connectivity index (χ0) is 51.4. The van der Waals surface area contributed by atoms with E-state index in [1.165, 1.54) is 16.7 Å². The molecule has 5 nitrogen and oxygen atoms in total. The molecule has 0 fully saturated rings. The maximum Gasteiger partial charge on any atom is 0.269 e. The van der Waals surface area contributed by atoms with Crippen LogP contribution in [0.25, 0.3) is 61.2 Å². The molecule has 68 heavy (non-hydrogen) atoms. The first-order valence-electron chi connectivity index (χ1n) is 25.6. The predicted molar refractivity (Wildman–Crippen MR) is 286 cm³/mol. The van der Waals surface area contributed by atoms with Crippen LogP contribution in [-0.4, -0.2) is 14.1 Å². The van der Waals surface area contributed by atoms with E-state index in [0.29, 0.717) is 17.1 Å². The monoisotopic (exact) mass is 902 g/mol. The molecule has 0 aliphatic rings. The second kappa shape index (κ2) is 16.4. The van der Waals surface area contributed by atoms with Crippen molar-refractivity contribution in [1.29, 1.82) is 0 Å². The van der Waals surface area contributed by atoms with Crippen LogP contribution in [0.15, 0.2) is 134 Å². The van der Waals surface area contributed by atoms with Gasteiger partial charge >= 0.3 is 0 Å². The molecule has 0 saturated heterocycles. The summed E-state index contributed by atoms with van der Waals surface area (Å²) in [7, 11) is 0. The lowest BCUT2D eigenvalue weighted by molar-refractivity contribution is -0.574. The van der Waals surface area contributed by atoms with Gasteiger partial charge in [-0.15, -0.1) is 0 Å². The van der Waals surface area contributed by atoms with E-state index in [2.05, 4.69) is 221 Å². The fourth-order valence-electron chi connectivity index (χ4n) is 9.42. The maximum absolute atomic E-state index is 8.55. The van der Waals surface area contributed by atoms with Gasteiger partial charge in [0.05, 0.1) is 33.4 Å². The molecule has 9 rings (SSSR count). The SMILES string of the molecule is [2H]C([2H])([2H])c1cc(C(C)(C)C)c(-[n+]2[c-]n(-c3cccc(Oc4ccc5c6ccccc6n(-c6cc(C(C)(C)C)ccn6)c5c4)c3)c3cc(-c4cc(C(C)(C)C)cc(C(C)(C)C)c4)ccc32)c(C(C)(C)C)c1. The average molecular weight is 902 g/mol. The van der Waals surface area contributed by atoms with E-state index in [4.69, 9.17) is 13.8 Å². The zero-order valence-electron chi connectivity index (χ0n) is 45.9. The molecule has 0 N–H and O–H groups in total. The second-order valence-electron chi connectivity index (χ2n) is 24.0. The van der Waals surface area contributed by atoms with Crippen LogP contribution in [0.3, 0.4) is 0 Å². The van der Waals surface area contributed by atoms with Crippen LogP contribution in [0.1, 0.15) is 141 Å². The smallest absolute Gasteiger partial charge is 0.269 e. The highest BCUT2D eigenvalue weighted by Gasteiger charge is 2.30. The summed E-state index contributed by atoms with van der Waals surface area (Å²) in [4.78, 5) is 4.90. The van der Waals surface area contributed by atoms with Crippen LogP contribution in [0.2, 0.25) is 0 Å². The summed E-state index contributed by atoms with van der Waals surface area (Å²) in [5.74, 6) is 2.25. The number of pyridine rings is 1. The Hall–Kier alpha value is -6.46. The van der Waals surface area contributed by atoms with Crippen molar-refractivity contribution in [2.24, 2.45) is 0 Å². The minimum absolute atomic E-state index is 0.0414. The van der Waals surface area contributed by atoms with Crippen molar-refractivity contribution in [2.45, 2.75) is 138 Å². The summed E-state index contributed by atoms with van der Waals surface area (Å²) in [6.07, 6.45) is 5.76. The van der Waals surface area contributed by atoms with Crippen molar-refractivity contribution >= 4 is 32.8 Å². The Morgan fingerprint density at radius 3 is 1.78 bits per heavy atom. The third kappa shape index (κ3) is 8.77. The van der Waals surface area contributed by atoms with Gasteiger partial charge in [-0.3, -0.25) is 13.7 Å². The van der Waals surface area contributed by atoms with Gasteiger partial charge in [-0.25, -0.2) is 4.98 Å². The second-order valence-corrected chi connectivity index (χ2v) is 24.0. The van der Waals surface area contributed by atoms with Gasteiger partial charge in [0.2, 0.25) is 0 Å². The molecule has 0 saturated carbocycles. The van der Waals surface area contributed by atoms with E-state index in [1.54, 1.807) is 0 Å². The Morgan fingerprint density at radius 2 is 1.15 bits per heavy atom. The normalized spacial score (nSPS) is 13.8. The third-order valence-electron chi connectivity index (χ3n) is 13.4. The third-order valence-corrected chi connectivity index (χ3v) is 13.4. The number of ether oxygens (including phenoxy) is 1. The van der Waals surface area contributed by atoms with Crippen molar-refractivity contribution in [2.75, 3.05) is 0 Å². The summed E-state index contributed by atoms with van der Waals surface area (Å²) in [6, 6.07) is 44.8. The van der Waals surface area contributed by atoms with E-state index < -0.39 is 17.7 Å². The summed E-state index contributed by atoms with van der Waals surface area (Å²) in [5, 5.41) is 2.27. The van der Waals surface area contributed by atoms with Crippen LogP contribution in [0, 0.1) is 13.2 Å². The number of aromatic nitrogens is 4. The van der Waals surface area contributed by atoms with E-state index in [0.717, 1.165) is 72.3 Å². The molecule has 0 atom stereocenters. The lowest BCUT2D eigenvalue weighted by Crippen LogP contribution is -2.37. The molecule has 0 spiro atoms. The van der Waals surface area contributed by atoms with Crippen LogP contribution >= 0.6 is 0 Å². The lowest BCUT2D eigenvalue weighted by atomic mass is 9.77. The van der Waals surface area contributed by atoms with E-state index >= 15 is 0 Å². The van der Waals surface area contributed by atoms with Crippen LogP contribution in [0.5, 0.6) is 11.5 Å². The Balaban J connectivity index is 1.25. The molecule has 0 amide bonds. The Labute approximate surface area is 409 Å². The van der Waals surface area contributed by atoms with E-state index in [-0.39, 0.29) is 16.2 Å². The first-order chi connectivity index (χ1) is 33.0. The van der Waals surface area contributed by atoms with Gasteiger partial charge in [0, 0.05) is 27.1 Å². The molecule has 5 heteroatoms. The molecule has 3 heterocycles. The molecule has 6 aromatic carbocycles. The summed E-state index contributed by atoms with van der Waals surface area (Å²) in [5.41, 5.74) is 13.1. The number of nitrogens with zero attached hydrogens (tertiary/aromatic N) is 4. The summed E-state index contributed by atoms with van der Waals surface area (Å²) < 4.78 is 39.0. The van der Waals surface area contributed by atoms with Crippen LogP contribution < -0.4 is 9.30 Å². The van der Waals surface area contributed by atoms with Crippen molar-refractivity contribution in [1.82, 2.24) is 14.1 Å². The lowest BCUT2D eigenvalue weighted by Gasteiger charge is -2.31. The summed E-state index contributed by atoms with van der Waals surface area (Å²) >= 11 is 0. The van der Waals surface area contributed by atoms with Crippen molar-refractivity contribution < 1.29 is 13.4 Å². The molecule has 3 aromatic heterocycles. The van der Waals surface area contributed by atoms with Gasteiger partial charge < -0.3 is 4.74 Å². The standard InChI is InChI=1S/C63H70N4O/c1-40-30-51(62(11,12)13)58(52(31-40)63(14,15)16)66-39-65(56-34-41(24-27-54(56)66)42-32-44(60(5,6)7)35-45(33-42)61(8,9)10)46-20-19-21-47(37-46)68-48-25-26-50-49-22-17-18-23-53(49)67(55(50)38-48)57-36-43(28-29-64-57)59(2,3)4/h17-38H,1-16H3/i1D3. The number of hydrogen-bond donors (Lipinski definition) is 0. The number of benzene rings is 6. The topological polar surface area (TPSA) is 35.9 Å². The van der Waals surface area contributed by atoms with E-state index in [9.17, 15) is 0 Å². The van der Waals surface area contributed by atoms with Crippen LogP contribution in [-0.2, 0) is 27.1 Å². The van der Waals surface area contributed by atoms with Gasteiger partial charge in [0.15, 0.2) is 0 Å². The van der Waals surface area contributed by atoms with Gasteiger partial charge in [-0.2, -0.15) is 0 Å². The molecule has 0 radical (unpaired) electrons. The minimum Gasteiger partial charge on any atom is -0.458 e. The molecular weight excluding hydrogens is 829 g/mol. The van der Waals surface area contributed by atoms with Gasteiger partial charge in [0.25, 0.3) is 6.33 Å². The van der Waals surface area contributed by atoms with Gasteiger partial charge in [0.1, 0.15) is 17.3 Å². The molecule has 0 bridgehead atoms. The number of rotatable bonds is 6. The number of imidazole rings is 1. The fraction of sp³-hybridized carbons (Fsp3) is 0.333. The minimum atomic E-state index is -2.28. The molecule has 0 aliphatic heterocycles. The van der Waals surface area contributed by atoms with Gasteiger partial charge in [-0.05, 0) is 127 Å². The Bertz CT molecular complexity index is 3450. The van der Waals surface area contributed by atoms with Crippen LogP contribution in [0.4, 0.5) is 0 Å². The molecule has 348 valence electrons. The highest BCUT2D eigenvalue weighted by Crippen LogP contribution is 2.40. The quantitative estimate of drug-likeness (QED) is 0.123. The molecular formula is C63H70N4O. The summed E-state index contributed by atoms with van der Waals surface area (Å²) in [6.45, 7) is 31.0. The Kier molecular flexibility index (Phi) is 10.3. The number of fused-ring (bicyclic) bond motifs is 4. The molecule has 0 unspecified atom stereocenters. The van der Waals surface area contributed by atoms with Crippen molar-refractivity contribution in [3.05, 3.63) is 173 Å². The zero-order valence-corrected chi connectivity index (χ0v) is 42.9. The number of aryl methyl sites for hydroxylation is 1.